The van der Waals surface area contributed by atoms with Gasteiger partial charge in [-0.3, -0.25) is 9.59 Å². The minimum atomic E-state index is -0.793. The van der Waals surface area contributed by atoms with Crippen LogP contribution in [-0.2, 0) is 14.3 Å². The van der Waals surface area contributed by atoms with Gasteiger partial charge in [-0.2, -0.15) is 0 Å². The monoisotopic (exact) mass is 298 g/mol. The molecule has 2 saturated heterocycles. The van der Waals surface area contributed by atoms with Crippen molar-refractivity contribution in [2.75, 3.05) is 27.2 Å². The highest BCUT2D eigenvalue weighted by atomic mass is 19.1. The number of carbonyl (C=O) groups is 2. The summed E-state index contributed by atoms with van der Waals surface area (Å²) in [6, 6.07) is 0. The van der Waals surface area contributed by atoms with E-state index in [1.54, 1.807) is 19.0 Å². The fraction of sp³-hybridized carbons (Fsp3) is 0.867. The Labute approximate surface area is 124 Å². The van der Waals surface area contributed by atoms with E-state index in [0.717, 1.165) is 6.42 Å². The van der Waals surface area contributed by atoms with Crippen molar-refractivity contribution in [2.45, 2.75) is 44.1 Å². The van der Waals surface area contributed by atoms with Crippen LogP contribution in [0.5, 0.6) is 0 Å². The molecule has 0 aromatic heterocycles. The van der Waals surface area contributed by atoms with Crippen molar-refractivity contribution in [1.82, 2.24) is 9.80 Å². The molecule has 3 aliphatic rings. The fourth-order valence-electron chi connectivity index (χ4n) is 3.56. The van der Waals surface area contributed by atoms with Gasteiger partial charge < -0.3 is 14.5 Å². The molecule has 2 amide bonds. The van der Waals surface area contributed by atoms with E-state index < -0.39 is 6.17 Å². The molecule has 0 radical (unpaired) electrons. The molecule has 0 aromatic rings. The molecule has 3 atom stereocenters. The van der Waals surface area contributed by atoms with Crippen LogP contribution in [0.3, 0.4) is 0 Å². The molecule has 3 rings (SSSR count). The lowest BCUT2D eigenvalue weighted by atomic mass is 9.82. The Morgan fingerprint density at radius 3 is 2.52 bits per heavy atom. The maximum Gasteiger partial charge on any atom is 0.225 e. The van der Waals surface area contributed by atoms with E-state index in [0.29, 0.717) is 38.3 Å². The minimum Gasteiger partial charge on any atom is -0.372 e. The van der Waals surface area contributed by atoms with Gasteiger partial charge in [0.2, 0.25) is 11.8 Å². The minimum absolute atomic E-state index is 0.0222. The smallest absolute Gasteiger partial charge is 0.225 e. The van der Waals surface area contributed by atoms with Crippen LogP contribution in [-0.4, -0.2) is 67.2 Å². The number of fused-ring (bicyclic) bond motifs is 1. The van der Waals surface area contributed by atoms with Crippen molar-refractivity contribution in [2.24, 2.45) is 11.8 Å². The topological polar surface area (TPSA) is 49.9 Å². The average molecular weight is 298 g/mol. The van der Waals surface area contributed by atoms with Gasteiger partial charge in [-0.25, -0.2) is 4.39 Å². The molecular formula is C15H23FN2O3. The Morgan fingerprint density at radius 2 is 1.95 bits per heavy atom. The van der Waals surface area contributed by atoms with E-state index in [1.165, 1.54) is 0 Å². The number of rotatable bonds is 3. The molecule has 0 aromatic carbocycles. The van der Waals surface area contributed by atoms with Crippen LogP contribution in [0, 0.1) is 11.8 Å². The van der Waals surface area contributed by atoms with Gasteiger partial charge in [0.25, 0.3) is 0 Å². The molecule has 118 valence electrons. The summed E-state index contributed by atoms with van der Waals surface area (Å²) in [6.07, 6.45) is 1.25. The van der Waals surface area contributed by atoms with E-state index >= 15 is 0 Å². The van der Waals surface area contributed by atoms with Crippen molar-refractivity contribution in [3.8, 4) is 0 Å². The predicted octanol–water partition coefficient (Wildman–Crippen LogP) is 0.829. The zero-order chi connectivity index (χ0) is 15.1. The summed E-state index contributed by atoms with van der Waals surface area (Å²) in [5.41, 5.74) is 0. The lowest BCUT2D eigenvalue weighted by Gasteiger charge is -2.32. The van der Waals surface area contributed by atoms with Crippen molar-refractivity contribution in [3.05, 3.63) is 0 Å². The molecule has 2 heterocycles. The first-order valence-electron chi connectivity index (χ1n) is 7.72. The Bertz CT molecular complexity index is 423. The standard InChI is InChI=1S/C15H23FN2O3/c1-17(2)14(19)6-12-5-10-7-18(8-13(10)21-12)15(20)9-3-11(16)4-9/h9-13H,3-8H2,1-2H3/t9?,10-,11?,12+,13+/m0/s1. The van der Waals surface area contributed by atoms with E-state index in [4.69, 9.17) is 4.74 Å². The third-order valence-corrected chi connectivity index (χ3v) is 4.96. The van der Waals surface area contributed by atoms with Gasteiger partial charge in [-0.1, -0.05) is 0 Å². The summed E-state index contributed by atoms with van der Waals surface area (Å²) >= 11 is 0. The van der Waals surface area contributed by atoms with Crippen molar-refractivity contribution >= 4 is 11.8 Å². The molecule has 1 aliphatic carbocycles. The molecule has 6 heteroatoms. The largest absolute Gasteiger partial charge is 0.372 e. The first-order chi connectivity index (χ1) is 9.94. The van der Waals surface area contributed by atoms with E-state index in [9.17, 15) is 14.0 Å². The molecule has 21 heavy (non-hydrogen) atoms. The molecule has 2 aliphatic heterocycles. The van der Waals surface area contributed by atoms with Gasteiger partial charge in [0.15, 0.2) is 0 Å². The van der Waals surface area contributed by atoms with Gasteiger partial charge in [0.05, 0.1) is 18.6 Å². The molecule has 0 unspecified atom stereocenters. The lowest BCUT2D eigenvalue weighted by Crippen LogP contribution is -2.42. The number of nitrogens with zero attached hydrogens (tertiary/aromatic N) is 2. The summed E-state index contributed by atoms with van der Waals surface area (Å²) in [4.78, 5) is 27.3. The number of likely N-dealkylation sites (tertiary alicyclic amines) is 1. The van der Waals surface area contributed by atoms with Crippen molar-refractivity contribution in [3.63, 3.8) is 0 Å². The van der Waals surface area contributed by atoms with Crippen LogP contribution in [0.1, 0.15) is 25.7 Å². The number of alkyl halides is 1. The summed E-state index contributed by atoms with van der Waals surface area (Å²) in [6.45, 7) is 1.30. The van der Waals surface area contributed by atoms with Crippen LogP contribution < -0.4 is 0 Å². The Hall–Kier alpha value is -1.17. The zero-order valence-corrected chi connectivity index (χ0v) is 12.6. The van der Waals surface area contributed by atoms with Crippen LogP contribution in [0.4, 0.5) is 4.39 Å². The van der Waals surface area contributed by atoms with Gasteiger partial charge in [-0.05, 0) is 19.3 Å². The molecule has 3 fully saturated rings. The average Bonchev–Trinajstić information content (AvgIpc) is 2.91. The number of ether oxygens (including phenoxy) is 1. The molecule has 1 saturated carbocycles. The first-order valence-corrected chi connectivity index (χ1v) is 7.72. The van der Waals surface area contributed by atoms with Crippen LogP contribution in [0.25, 0.3) is 0 Å². The number of hydrogen-bond donors (Lipinski definition) is 0. The second-order valence-electron chi connectivity index (χ2n) is 6.79. The third kappa shape index (κ3) is 2.91. The predicted molar refractivity (Wildman–Crippen MR) is 74.3 cm³/mol. The summed E-state index contributed by atoms with van der Waals surface area (Å²) in [5.74, 6) is 0.374. The number of halogens is 1. The Kier molecular flexibility index (Phi) is 3.90. The highest BCUT2D eigenvalue weighted by Gasteiger charge is 2.46. The van der Waals surface area contributed by atoms with Crippen LogP contribution in [0.2, 0.25) is 0 Å². The zero-order valence-electron chi connectivity index (χ0n) is 12.6. The maximum atomic E-state index is 12.9. The van der Waals surface area contributed by atoms with E-state index in [2.05, 4.69) is 0 Å². The number of amides is 2. The van der Waals surface area contributed by atoms with Crippen molar-refractivity contribution < 1.29 is 18.7 Å². The summed E-state index contributed by atoms with van der Waals surface area (Å²) in [5, 5.41) is 0. The number of carbonyl (C=O) groups excluding carboxylic acids is 2. The second-order valence-corrected chi connectivity index (χ2v) is 6.79. The Morgan fingerprint density at radius 1 is 1.24 bits per heavy atom. The summed E-state index contributed by atoms with van der Waals surface area (Å²) in [7, 11) is 3.49. The quantitative estimate of drug-likeness (QED) is 0.775. The SMILES string of the molecule is CN(C)C(=O)C[C@H]1C[C@H]2CN(C(=O)C3CC(F)C3)C[C@H]2O1. The summed E-state index contributed by atoms with van der Waals surface area (Å²) < 4.78 is 18.8. The highest BCUT2D eigenvalue weighted by Crippen LogP contribution is 2.37. The van der Waals surface area contributed by atoms with Crippen molar-refractivity contribution in [1.29, 1.82) is 0 Å². The molecule has 0 N–H and O–H groups in total. The first kappa shape index (κ1) is 14.8. The molecular weight excluding hydrogens is 275 g/mol. The molecule has 0 bridgehead atoms. The van der Waals surface area contributed by atoms with E-state index in [1.807, 2.05) is 4.90 Å². The van der Waals surface area contributed by atoms with E-state index in [-0.39, 0.29) is 29.9 Å². The normalized spacial score (nSPS) is 38.0. The van der Waals surface area contributed by atoms with Crippen LogP contribution >= 0.6 is 0 Å². The van der Waals surface area contributed by atoms with Crippen LogP contribution in [0.15, 0.2) is 0 Å². The van der Waals surface area contributed by atoms with Gasteiger partial charge in [0.1, 0.15) is 6.17 Å². The molecule has 0 spiro atoms. The number of hydrogen-bond acceptors (Lipinski definition) is 3. The van der Waals surface area contributed by atoms with Gasteiger partial charge in [-0.15, -0.1) is 0 Å². The fourth-order valence-corrected chi connectivity index (χ4v) is 3.56. The Balaban J connectivity index is 1.48. The van der Waals surface area contributed by atoms with Gasteiger partial charge >= 0.3 is 0 Å². The lowest BCUT2D eigenvalue weighted by molar-refractivity contribution is -0.140. The third-order valence-electron chi connectivity index (χ3n) is 4.96. The second kappa shape index (κ2) is 5.55. The maximum absolute atomic E-state index is 12.9. The van der Waals surface area contributed by atoms with Gasteiger partial charge in [0, 0.05) is 39.0 Å². The molecule has 5 nitrogen and oxygen atoms in total. The highest BCUT2D eigenvalue weighted by molar-refractivity contribution is 5.80.